The number of carbonyl (C=O) groups is 1. The van der Waals surface area contributed by atoms with Crippen molar-refractivity contribution in [1.82, 2.24) is 20.3 Å². The predicted molar refractivity (Wildman–Crippen MR) is 66.2 cm³/mol. The van der Waals surface area contributed by atoms with E-state index < -0.39 is 6.03 Å². The molecule has 0 radical (unpaired) electrons. The Kier molecular flexibility index (Phi) is 4.97. The molecule has 8 heteroatoms. The van der Waals surface area contributed by atoms with Gasteiger partial charge in [0, 0.05) is 24.8 Å². The lowest BCUT2D eigenvalue weighted by Gasteiger charge is -2.13. The van der Waals surface area contributed by atoms with E-state index in [1.165, 1.54) is 6.20 Å². The van der Waals surface area contributed by atoms with Gasteiger partial charge in [0.1, 0.15) is 11.6 Å². The van der Waals surface area contributed by atoms with Crippen LogP contribution in [0.3, 0.4) is 0 Å². The zero-order valence-electron chi connectivity index (χ0n) is 10.4. The van der Waals surface area contributed by atoms with Crippen molar-refractivity contribution in [2.75, 3.05) is 12.3 Å². The normalized spacial score (nSPS) is 9.89. The van der Waals surface area contributed by atoms with Crippen LogP contribution in [0.25, 0.3) is 0 Å². The molecule has 2 amide bonds. The Bertz CT molecular complexity index is 436. The molecule has 0 atom stereocenters. The smallest absolute Gasteiger partial charge is 0.340 e. The molecule has 0 aliphatic rings. The standard InChI is InChI=1S/C10H16N6O2/c1-3-4-16(15-18)10(17)13-6-8-5-12-7(2)14-9(8)11/h5H,3-4,6H2,1-2H3,(H,13,17)(H2,11,12,14). The molecule has 1 aromatic rings. The fraction of sp³-hybridized carbons (Fsp3) is 0.500. The van der Waals surface area contributed by atoms with Crippen molar-refractivity contribution in [2.45, 2.75) is 26.8 Å². The van der Waals surface area contributed by atoms with E-state index in [0.717, 1.165) is 5.01 Å². The highest BCUT2D eigenvalue weighted by Crippen LogP contribution is 2.06. The second-order valence-electron chi connectivity index (χ2n) is 3.69. The first kappa shape index (κ1) is 13.8. The largest absolute Gasteiger partial charge is 0.383 e. The number of nitrogens with zero attached hydrogens (tertiary/aromatic N) is 4. The second kappa shape index (κ2) is 6.48. The molecule has 1 aromatic heterocycles. The lowest BCUT2D eigenvalue weighted by Crippen LogP contribution is -2.36. The van der Waals surface area contributed by atoms with Gasteiger partial charge in [0.25, 0.3) is 0 Å². The Hall–Kier alpha value is -2.25. The van der Waals surface area contributed by atoms with Crippen molar-refractivity contribution in [3.05, 3.63) is 22.5 Å². The third-order valence-corrected chi connectivity index (χ3v) is 2.22. The summed E-state index contributed by atoms with van der Waals surface area (Å²) in [6.45, 7) is 3.99. The van der Waals surface area contributed by atoms with Crippen LogP contribution in [0.4, 0.5) is 10.6 Å². The average Bonchev–Trinajstić information content (AvgIpc) is 2.34. The van der Waals surface area contributed by atoms with Gasteiger partial charge >= 0.3 is 6.03 Å². The summed E-state index contributed by atoms with van der Waals surface area (Å²) in [4.78, 5) is 29.9. The van der Waals surface area contributed by atoms with E-state index in [4.69, 9.17) is 5.73 Å². The van der Waals surface area contributed by atoms with E-state index in [1.54, 1.807) is 6.92 Å². The molecule has 0 fully saturated rings. The van der Waals surface area contributed by atoms with Gasteiger partial charge in [0.15, 0.2) is 0 Å². The van der Waals surface area contributed by atoms with Crippen molar-refractivity contribution < 1.29 is 4.79 Å². The Morgan fingerprint density at radius 3 is 2.89 bits per heavy atom. The van der Waals surface area contributed by atoms with Crippen LogP contribution in [0.2, 0.25) is 0 Å². The van der Waals surface area contributed by atoms with E-state index >= 15 is 0 Å². The van der Waals surface area contributed by atoms with Gasteiger partial charge in [-0.05, 0) is 13.3 Å². The lowest BCUT2D eigenvalue weighted by atomic mass is 10.3. The molecule has 0 aromatic carbocycles. The van der Waals surface area contributed by atoms with E-state index in [2.05, 4.69) is 20.6 Å². The van der Waals surface area contributed by atoms with Crippen LogP contribution in [0.15, 0.2) is 11.5 Å². The minimum atomic E-state index is -0.563. The van der Waals surface area contributed by atoms with Gasteiger partial charge in [-0.2, -0.15) is 5.01 Å². The number of rotatable bonds is 5. The number of nitrogens with two attached hydrogens (primary N) is 1. The lowest BCUT2D eigenvalue weighted by molar-refractivity contribution is 0.199. The van der Waals surface area contributed by atoms with E-state index in [-0.39, 0.29) is 13.1 Å². The number of nitrogens with one attached hydrogen (secondary N) is 1. The number of anilines is 1. The summed E-state index contributed by atoms with van der Waals surface area (Å²) in [6.07, 6.45) is 2.19. The van der Waals surface area contributed by atoms with E-state index in [9.17, 15) is 9.70 Å². The first-order valence-corrected chi connectivity index (χ1v) is 5.55. The van der Waals surface area contributed by atoms with Crippen molar-refractivity contribution in [1.29, 1.82) is 0 Å². The van der Waals surface area contributed by atoms with Crippen LogP contribution in [0.1, 0.15) is 24.7 Å². The van der Waals surface area contributed by atoms with Crippen LogP contribution in [0, 0.1) is 11.8 Å². The van der Waals surface area contributed by atoms with Gasteiger partial charge in [-0.3, -0.25) is 0 Å². The Morgan fingerprint density at radius 1 is 1.61 bits per heavy atom. The molecule has 8 nitrogen and oxygen atoms in total. The number of carbonyl (C=O) groups excluding carboxylic acids is 1. The summed E-state index contributed by atoms with van der Waals surface area (Å²) < 4.78 is 0. The Labute approximate surface area is 105 Å². The van der Waals surface area contributed by atoms with Gasteiger partial charge in [-0.15, -0.1) is 4.91 Å². The predicted octanol–water partition coefficient (Wildman–Crippen LogP) is 0.970. The number of nitrogen functional groups attached to an aromatic ring is 1. The molecule has 0 saturated heterocycles. The molecule has 1 rings (SSSR count). The molecular weight excluding hydrogens is 236 g/mol. The maximum absolute atomic E-state index is 11.6. The van der Waals surface area contributed by atoms with E-state index in [0.29, 0.717) is 23.6 Å². The molecule has 3 N–H and O–H groups in total. The van der Waals surface area contributed by atoms with Crippen LogP contribution in [0.5, 0.6) is 0 Å². The second-order valence-corrected chi connectivity index (χ2v) is 3.69. The summed E-state index contributed by atoms with van der Waals surface area (Å²) in [7, 11) is 0. The van der Waals surface area contributed by atoms with Crippen LogP contribution < -0.4 is 11.1 Å². The first-order chi connectivity index (χ1) is 8.58. The molecule has 0 aliphatic carbocycles. The van der Waals surface area contributed by atoms with Crippen LogP contribution in [-0.4, -0.2) is 27.6 Å². The Balaban J connectivity index is 2.59. The van der Waals surface area contributed by atoms with E-state index in [1.807, 2.05) is 6.92 Å². The number of hydrogen-bond donors (Lipinski definition) is 2. The summed E-state index contributed by atoms with van der Waals surface area (Å²) in [5.41, 5.74) is 6.27. The SMILES string of the molecule is CCCN(N=O)C(=O)NCc1cnc(C)nc1N. The van der Waals surface area contributed by atoms with Crippen LogP contribution in [-0.2, 0) is 6.54 Å². The molecule has 0 spiro atoms. The number of hydrogen-bond acceptors (Lipinski definition) is 6. The third-order valence-electron chi connectivity index (χ3n) is 2.22. The zero-order valence-corrected chi connectivity index (χ0v) is 10.4. The highest BCUT2D eigenvalue weighted by atomic mass is 16.3. The summed E-state index contributed by atoms with van der Waals surface area (Å²) in [5.74, 6) is 0.869. The highest BCUT2D eigenvalue weighted by molar-refractivity contribution is 5.73. The number of aromatic nitrogens is 2. The van der Waals surface area contributed by atoms with Crippen molar-refractivity contribution in [2.24, 2.45) is 5.29 Å². The fourth-order valence-corrected chi connectivity index (χ4v) is 1.30. The van der Waals surface area contributed by atoms with Gasteiger partial charge in [0.2, 0.25) is 0 Å². The first-order valence-electron chi connectivity index (χ1n) is 5.55. The molecule has 18 heavy (non-hydrogen) atoms. The van der Waals surface area contributed by atoms with Crippen molar-refractivity contribution >= 4 is 11.8 Å². The quantitative estimate of drug-likeness (QED) is 0.598. The summed E-state index contributed by atoms with van der Waals surface area (Å²) >= 11 is 0. The fourth-order valence-electron chi connectivity index (χ4n) is 1.30. The molecule has 0 unspecified atom stereocenters. The summed E-state index contributed by atoms with van der Waals surface area (Å²) in [6, 6.07) is -0.563. The summed E-state index contributed by atoms with van der Waals surface area (Å²) in [5, 5.41) is 5.99. The van der Waals surface area contributed by atoms with Gasteiger partial charge in [0.05, 0.1) is 5.29 Å². The molecule has 0 aliphatic heterocycles. The zero-order chi connectivity index (χ0) is 13.5. The average molecular weight is 252 g/mol. The molecule has 0 bridgehead atoms. The monoisotopic (exact) mass is 252 g/mol. The molecular formula is C10H16N6O2. The highest BCUT2D eigenvalue weighted by Gasteiger charge is 2.13. The van der Waals surface area contributed by atoms with Crippen molar-refractivity contribution in [3.8, 4) is 0 Å². The minimum absolute atomic E-state index is 0.153. The maximum atomic E-state index is 11.6. The van der Waals surface area contributed by atoms with Crippen molar-refractivity contribution in [3.63, 3.8) is 0 Å². The molecule has 0 saturated carbocycles. The van der Waals surface area contributed by atoms with Gasteiger partial charge in [-0.1, -0.05) is 6.92 Å². The van der Waals surface area contributed by atoms with Gasteiger partial charge in [-0.25, -0.2) is 14.8 Å². The number of urea groups is 1. The van der Waals surface area contributed by atoms with Gasteiger partial charge < -0.3 is 11.1 Å². The molecule has 1 heterocycles. The molecule has 98 valence electrons. The number of nitroso groups, excluding NO2 is 1. The Morgan fingerprint density at radius 2 is 2.33 bits per heavy atom. The number of amides is 2. The minimum Gasteiger partial charge on any atom is -0.383 e. The maximum Gasteiger partial charge on any atom is 0.340 e. The van der Waals surface area contributed by atoms with Crippen LogP contribution >= 0.6 is 0 Å². The third kappa shape index (κ3) is 3.65. The topological polar surface area (TPSA) is 114 Å². The number of aryl methyl sites for hydroxylation is 1.